The summed E-state index contributed by atoms with van der Waals surface area (Å²) in [5.41, 5.74) is 1.19. The van der Waals surface area contributed by atoms with Gasteiger partial charge < -0.3 is 9.47 Å². The fraction of sp³-hybridized carbons (Fsp3) is 0.625. The Morgan fingerprint density at radius 1 is 1.21 bits per heavy atom. The van der Waals surface area contributed by atoms with E-state index >= 15 is 0 Å². The lowest BCUT2D eigenvalue weighted by molar-refractivity contribution is -0.161. The van der Waals surface area contributed by atoms with Gasteiger partial charge in [-0.3, -0.25) is 4.90 Å². The first kappa shape index (κ1) is 13.1. The molecule has 2 atom stereocenters. The zero-order valence-corrected chi connectivity index (χ0v) is 12.1. The lowest BCUT2D eigenvalue weighted by Crippen LogP contribution is -2.53. The van der Waals surface area contributed by atoms with Crippen molar-refractivity contribution in [1.82, 2.24) is 4.90 Å². The molecule has 2 fully saturated rings. The van der Waals surface area contributed by atoms with Crippen LogP contribution in [0, 0.1) is 0 Å². The van der Waals surface area contributed by atoms with Gasteiger partial charge >= 0.3 is 0 Å². The van der Waals surface area contributed by atoms with E-state index in [4.69, 9.17) is 9.47 Å². The summed E-state index contributed by atoms with van der Waals surface area (Å²) in [6, 6.07) is 10.6. The molecule has 0 bridgehead atoms. The number of hydrogen-bond donors (Lipinski definition) is 0. The van der Waals surface area contributed by atoms with Gasteiger partial charge in [0.05, 0.1) is 6.10 Å². The quantitative estimate of drug-likeness (QED) is 0.817. The van der Waals surface area contributed by atoms with E-state index in [1.807, 2.05) is 13.8 Å². The predicted molar refractivity (Wildman–Crippen MR) is 74.8 cm³/mol. The summed E-state index contributed by atoms with van der Waals surface area (Å²) in [5.74, 6) is -0.442. The summed E-state index contributed by atoms with van der Waals surface area (Å²) in [7, 11) is 0. The number of likely N-dealkylation sites (tertiary alicyclic amines) is 1. The highest BCUT2D eigenvalue weighted by atomic mass is 16.8. The number of nitrogens with zero attached hydrogens (tertiary/aromatic N) is 1. The van der Waals surface area contributed by atoms with Gasteiger partial charge in [0.2, 0.25) is 0 Å². The van der Waals surface area contributed by atoms with Crippen molar-refractivity contribution < 1.29 is 9.47 Å². The van der Waals surface area contributed by atoms with Gasteiger partial charge in [0.25, 0.3) is 0 Å². The Hall–Kier alpha value is -0.900. The Bertz CT molecular complexity index is 445. The minimum absolute atomic E-state index is 0.170. The van der Waals surface area contributed by atoms with Gasteiger partial charge in [-0.25, -0.2) is 0 Å². The molecule has 3 rings (SSSR count). The Morgan fingerprint density at radius 2 is 1.95 bits per heavy atom. The standard InChI is InChI=1S/C16H23NO2/c1-15(2)18-14-9-10-17(12-16(14,3)19-15)11-13-7-5-4-6-8-13/h4-8,14H,9-12H2,1-3H3/t14-,16+/m0/s1. The maximum Gasteiger partial charge on any atom is 0.164 e. The fourth-order valence-electron chi connectivity index (χ4n) is 3.42. The van der Waals surface area contributed by atoms with E-state index in [9.17, 15) is 0 Å². The van der Waals surface area contributed by atoms with E-state index in [-0.39, 0.29) is 11.7 Å². The normalized spacial score (nSPS) is 34.2. The number of fused-ring (bicyclic) bond motifs is 1. The topological polar surface area (TPSA) is 21.7 Å². The molecule has 0 amide bonds. The maximum atomic E-state index is 6.14. The molecule has 104 valence electrons. The van der Waals surface area contributed by atoms with E-state index in [1.54, 1.807) is 0 Å². The Morgan fingerprint density at radius 3 is 2.68 bits per heavy atom. The van der Waals surface area contributed by atoms with Gasteiger partial charge in [0.1, 0.15) is 5.60 Å². The second-order valence-electron chi connectivity index (χ2n) is 6.41. The van der Waals surface area contributed by atoms with E-state index in [1.165, 1.54) is 5.56 Å². The smallest absolute Gasteiger partial charge is 0.164 e. The van der Waals surface area contributed by atoms with Crippen LogP contribution in [0.25, 0.3) is 0 Å². The van der Waals surface area contributed by atoms with E-state index in [2.05, 4.69) is 42.2 Å². The fourth-order valence-corrected chi connectivity index (χ4v) is 3.42. The first-order valence-corrected chi connectivity index (χ1v) is 7.11. The molecule has 0 aliphatic carbocycles. The second kappa shape index (κ2) is 4.58. The molecule has 2 saturated heterocycles. The third kappa shape index (κ3) is 2.69. The predicted octanol–water partition coefficient (Wildman–Crippen LogP) is 2.80. The largest absolute Gasteiger partial charge is 0.344 e. The Labute approximate surface area is 115 Å². The average molecular weight is 261 g/mol. The first-order chi connectivity index (χ1) is 8.97. The van der Waals surface area contributed by atoms with Crippen LogP contribution < -0.4 is 0 Å². The summed E-state index contributed by atoms with van der Waals surface area (Å²) in [5, 5.41) is 0. The van der Waals surface area contributed by atoms with Crippen molar-refractivity contribution in [2.24, 2.45) is 0 Å². The lowest BCUT2D eigenvalue weighted by atomic mass is 9.91. The highest BCUT2D eigenvalue weighted by Crippen LogP contribution is 2.40. The third-order valence-electron chi connectivity index (χ3n) is 4.08. The summed E-state index contributed by atoms with van der Waals surface area (Å²) >= 11 is 0. The molecular weight excluding hydrogens is 238 g/mol. The van der Waals surface area contributed by atoms with Crippen LogP contribution in [-0.2, 0) is 16.0 Å². The van der Waals surface area contributed by atoms with Crippen LogP contribution in [0.15, 0.2) is 30.3 Å². The van der Waals surface area contributed by atoms with E-state index in [0.29, 0.717) is 0 Å². The molecule has 1 aromatic rings. The van der Waals surface area contributed by atoms with Gasteiger partial charge in [-0.1, -0.05) is 30.3 Å². The van der Waals surface area contributed by atoms with Crippen LogP contribution in [-0.4, -0.2) is 35.5 Å². The Kier molecular flexibility index (Phi) is 3.16. The number of ether oxygens (including phenoxy) is 2. The summed E-state index contributed by atoms with van der Waals surface area (Å²) in [4.78, 5) is 2.47. The van der Waals surface area contributed by atoms with Crippen LogP contribution in [0.2, 0.25) is 0 Å². The van der Waals surface area contributed by atoms with Gasteiger partial charge in [-0.05, 0) is 32.8 Å². The third-order valence-corrected chi connectivity index (χ3v) is 4.08. The summed E-state index contributed by atoms with van der Waals surface area (Å²) in [6.07, 6.45) is 1.28. The molecule has 3 nitrogen and oxygen atoms in total. The van der Waals surface area contributed by atoms with Crippen molar-refractivity contribution >= 4 is 0 Å². The molecule has 19 heavy (non-hydrogen) atoms. The molecule has 0 N–H and O–H groups in total. The zero-order chi connectivity index (χ0) is 13.5. The molecule has 0 spiro atoms. The summed E-state index contributed by atoms with van der Waals surface area (Å²) in [6.45, 7) is 9.22. The molecule has 3 heteroatoms. The Balaban J connectivity index is 1.69. The van der Waals surface area contributed by atoms with E-state index in [0.717, 1.165) is 26.1 Å². The molecule has 2 aliphatic heterocycles. The van der Waals surface area contributed by atoms with Crippen molar-refractivity contribution in [2.75, 3.05) is 13.1 Å². The monoisotopic (exact) mass is 261 g/mol. The highest BCUT2D eigenvalue weighted by Gasteiger charge is 2.52. The molecule has 0 radical (unpaired) electrons. The van der Waals surface area contributed by atoms with Crippen molar-refractivity contribution in [3.63, 3.8) is 0 Å². The van der Waals surface area contributed by atoms with Gasteiger partial charge in [0, 0.05) is 19.6 Å². The molecule has 1 aromatic carbocycles. The molecular formula is C16H23NO2. The SMILES string of the molecule is CC1(C)O[C@H]2CCN(Cc3ccccc3)C[C@@]2(C)O1. The molecule has 0 aromatic heterocycles. The average Bonchev–Trinajstić information content (AvgIpc) is 2.58. The maximum absolute atomic E-state index is 6.14. The summed E-state index contributed by atoms with van der Waals surface area (Å²) < 4.78 is 12.1. The van der Waals surface area contributed by atoms with Gasteiger partial charge in [0.15, 0.2) is 5.79 Å². The number of benzene rings is 1. The first-order valence-electron chi connectivity index (χ1n) is 7.11. The van der Waals surface area contributed by atoms with Crippen molar-refractivity contribution in [3.05, 3.63) is 35.9 Å². The highest BCUT2D eigenvalue weighted by molar-refractivity contribution is 5.15. The second-order valence-corrected chi connectivity index (χ2v) is 6.41. The van der Waals surface area contributed by atoms with Crippen molar-refractivity contribution in [2.45, 2.75) is 51.2 Å². The molecule has 0 unspecified atom stereocenters. The molecule has 2 aliphatic rings. The van der Waals surface area contributed by atoms with Gasteiger partial charge in [-0.15, -0.1) is 0 Å². The van der Waals surface area contributed by atoms with Crippen molar-refractivity contribution in [1.29, 1.82) is 0 Å². The molecule has 2 heterocycles. The number of rotatable bonds is 2. The number of piperidine rings is 1. The van der Waals surface area contributed by atoms with E-state index < -0.39 is 5.79 Å². The molecule has 0 saturated carbocycles. The van der Waals surface area contributed by atoms with Crippen LogP contribution in [0.3, 0.4) is 0 Å². The lowest BCUT2D eigenvalue weighted by Gasteiger charge is -2.40. The van der Waals surface area contributed by atoms with Crippen molar-refractivity contribution in [3.8, 4) is 0 Å². The number of hydrogen-bond acceptors (Lipinski definition) is 3. The van der Waals surface area contributed by atoms with Gasteiger partial charge in [-0.2, -0.15) is 0 Å². The van der Waals surface area contributed by atoms with Crippen LogP contribution >= 0.6 is 0 Å². The van der Waals surface area contributed by atoms with Crippen LogP contribution in [0.1, 0.15) is 32.8 Å². The van der Waals surface area contributed by atoms with Crippen LogP contribution in [0.4, 0.5) is 0 Å². The minimum atomic E-state index is -0.442. The minimum Gasteiger partial charge on any atom is -0.344 e. The van der Waals surface area contributed by atoms with Crippen LogP contribution in [0.5, 0.6) is 0 Å². The zero-order valence-electron chi connectivity index (χ0n) is 12.1.